The highest BCUT2D eigenvalue weighted by molar-refractivity contribution is 7.09. The zero-order valence-corrected chi connectivity index (χ0v) is 10.9. The molecule has 2 heterocycles. The monoisotopic (exact) mass is 238 g/mol. The van der Waals surface area contributed by atoms with Gasteiger partial charge in [0, 0.05) is 18.0 Å². The highest BCUT2D eigenvalue weighted by Gasteiger charge is 2.19. The lowest BCUT2D eigenvalue weighted by Crippen LogP contribution is -2.39. The van der Waals surface area contributed by atoms with Crippen LogP contribution in [-0.4, -0.2) is 31.1 Å². The van der Waals surface area contributed by atoms with E-state index < -0.39 is 0 Å². The molecule has 0 radical (unpaired) electrons. The molecule has 1 aliphatic heterocycles. The standard InChI is InChI=1S/C13H22N2S/c1-2-14-9-12-5-3-7-15(10-12)11-13-6-4-8-16-13/h4,6,8,12,14H,2-3,5,7,9-11H2,1H3. The lowest BCUT2D eigenvalue weighted by molar-refractivity contribution is 0.167. The third-order valence-electron chi connectivity index (χ3n) is 3.25. The second-order valence-electron chi connectivity index (χ2n) is 4.63. The molecule has 0 bridgehead atoms. The Morgan fingerprint density at radius 1 is 1.56 bits per heavy atom. The van der Waals surface area contributed by atoms with E-state index in [1.807, 2.05) is 11.3 Å². The van der Waals surface area contributed by atoms with Crippen molar-refractivity contribution in [3.05, 3.63) is 22.4 Å². The van der Waals surface area contributed by atoms with E-state index in [-0.39, 0.29) is 0 Å². The number of rotatable bonds is 5. The van der Waals surface area contributed by atoms with Crippen LogP contribution in [0.25, 0.3) is 0 Å². The minimum Gasteiger partial charge on any atom is -0.317 e. The summed E-state index contributed by atoms with van der Waals surface area (Å²) in [7, 11) is 0. The molecule has 1 unspecified atom stereocenters. The summed E-state index contributed by atoms with van der Waals surface area (Å²) in [5, 5.41) is 5.65. The SMILES string of the molecule is CCNCC1CCCN(Cc2cccs2)C1. The number of nitrogens with one attached hydrogen (secondary N) is 1. The van der Waals surface area contributed by atoms with Crippen LogP contribution in [0.1, 0.15) is 24.6 Å². The van der Waals surface area contributed by atoms with Crippen molar-refractivity contribution in [2.75, 3.05) is 26.2 Å². The normalized spacial score (nSPS) is 22.4. The summed E-state index contributed by atoms with van der Waals surface area (Å²) in [6.45, 7) is 8.18. The largest absolute Gasteiger partial charge is 0.317 e. The Labute approximate surface area is 103 Å². The molecule has 90 valence electrons. The van der Waals surface area contributed by atoms with E-state index in [1.54, 1.807) is 0 Å². The summed E-state index contributed by atoms with van der Waals surface area (Å²) in [6, 6.07) is 4.40. The summed E-state index contributed by atoms with van der Waals surface area (Å²) in [4.78, 5) is 4.11. The van der Waals surface area contributed by atoms with Gasteiger partial charge in [-0.15, -0.1) is 11.3 Å². The molecule has 0 aromatic carbocycles. The average Bonchev–Trinajstić information content (AvgIpc) is 2.80. The van der Waals surface area contributed by atoms with E-state index in [0.717, 1.165) is 19.0 Å². The first-order chi connectivity index (χ1) is 7.88. The van der Waals surface area contributed by atoms with Crippen LogP contribution in [0, 0.1) is 5.92 Å². The van der Waals surface area contributed by atoms with Gasteiger partial charge in [0.15, 0.2) is 0 Å². The number of piperidine rings is 1. The smallest absolute Gasteiger partial charge is 0.0328 e. The Hall–Kier alpha value is -0.380. The summed E-state index contributed by atoms with van der Waals surface area (Å²) in [5.41, 5.74) is 0. The quantitative estimate of drug-likeness (QED) is 0.848. The average molecular weight is 238 g/mol. The molecule has 2 nitrogen and oxygen atoms in total. The molecule has 0 saturated carbocycles. The molecule has 1 N–H and O–H groups in total. The first-order valence-corrected chi connectivity index (χ1v) is 7.22. The second-order valence-corrected chi connectivity index (χ2v) is 5.66. The first-order valence-electron chi connectivity index (χ1n) is 6.34. The van der Waals surface area contributed by atoms with Crippen LogP contribution in [0.4, 0.5) is 0 Å². The van der Waals surface area contributed by atoms with E-state index in [4.69, 9.17) is 0 Å². The van der Waals surface area contributed by atoms with E-state index in [0.29, 0.717) is 0 Å². The molecule has 3 heteroatoms. The molecule has 16 heavy (non-hydrogen) atoms. The predicted molar refractivity (Wildman–Crippen MR) is 70.9 cm³/mol. The number of nitrogens with zero attached hydrogens (tertiary/aromatic N) is 1. The van der Waals surface area contributed by atoms with E-state index in [1.165, 1.54) is 37.4 Å². The van der Waals surface area contributed by atoms with Crippen molar-refractivity contribution >= 4 is 11.3 Å². The number of thiophene rings is 1. The maximum atomic E-state index is 3.47. The van der Waals surface area contributed by atoms with Crippen LogP contribution < -0.4 is 5.32 Å². The zero-order chi connectivity index (χ0) is 11.2. The fraction of sp³-hybridized carbons (Fsp3) is 0.692. The summed E-state index contributed by atoms with van der Waals surface area (Å²) >= 11 is 1.88. The minimum atomic E-state index is 0.855. The highest BCUT2D eigenvalue weighted by atomic mass is 32.1. The van der Waals surface area contributed by atoms with Gasteiger partial charge in [0.05, 0.1) is 0 Å². The molecule has 0 spiro atoms. The van der Waals surface area contributed by atoms with Crippen LogP contribution in [0.3, 0.4) is 0 Å². The second kappa shape index (κ2) is 6.38. The van der Waals surface area contributed by atoms with Crippen molar-refractivity contribution in [2.45, 2.75) is 26.3 Å². The van der Waals surface area contributed by atoms with Gasteiger partial charge in [0.2, 0.25) is 0 Å². The summed E-state index contributed by atoms with van der Waals surface area (Å²) in [6.07, 6.45) is 2.76. The van der Waals surface area contributed by atoms with Gasteiger partial charge in [0.25, 0.3) is 0 Å². The van der Waals surface area contributed by atoms with Crippen LogP contribution in [0.5, 0.6) is 0 Å². The van der Waals surface area contributed by atoms with Crippen LogP contribution in [-0.2, 0) is 6.54 Å². The van der Waals surface area contributed by atoms with Crippen molar-refractivity contribution in [3.8, 4) is 0 Å². The molecule has 1 aromatic rings. The van der Waals surface area contributed by atoms with Crippen molar-refractivity contribution in [1.29, 1.82) is 0 Å². The zero-order valence-electron chi connectivity index (χ0n) is 10.1. The van der Waals surface area contributed by atoms with Crippen LogP contribution in [0.15, 0.2) is 17.5 Å². The van der Waals surface area contributed by atoms with Gasteiger partial charge in [-0.1, -0.05) is 13.0 Å². The van der Waals surface area contributed by atoms with Gasteiger partial charge >= 0.3 is 0 Å². The Balaban J connectivity index is 1.77. The van der Waals surface area contributed by atoms with Crippen molar-refractivity contribution < 1.29 is 0 Å². The lowest BCUT2D eigenvalue weighted by atomic mass is 9.98. The Bertz CT molecular complexity index is 284. The van der Waals surface area contributed by atoms with Gasteiger partial charge in [-0.05, 0) is 49.8 Å². The minimum absolute atomic E-state index is 0.855. The van der Waals surface area contributed by atoms with E-state index in [2.05, 4.69) is 34.7 Å². The fourth-order valence-corrected chi connectivity index (χ4v) is 3.18. The van der Waals surface area contributed by atoms with Crippen molar-refractivity contribution in [3.63, 3.8) is 0 Å². The van der Waals surface area contributed by atoms with Gasteiger partial charge in [-0.2, -0.15) is 0 Å². The molecular formula is C13H22N2S. The van der Waals surface area contributed by atoms with Crippen LogP contribution in [0.2, 0.25) is 0 Å². The molecular weight excluding hydrogens is 216 g/mol. The van der Waals surface area contributed by atoms with Crippen molar-refractivity contribution in [2.24, 2.45) is 5.92 Å². The van der Waals surface area contributed by atoms with Crippen LogP contribution >= 0.6 is 11.3 Å². The topological polar surface area (TPSA) is 15.3 Å². The molecule has 0 aliphatic carbocycles. The molecule has 1 aromatic heterocycles. The third-order valence-corrected chi connectivity index (χ3v) is 4.11. The third kappa shape index (κ3) is 3.58. The van der Waals surface area contributed by atoms with Gasteiger partial charge < -0.3 is 5.32 Å². The maximum absolute atomic E-state index is 3.47. The molecule has 0 amide bonds. The first kappa shape index (κ1) is 12.1. The summed E-state index contributed by atoms with van der Waals surface area (Å²) < 4.78 is 0. The van der Waals surface area contributed by atoms with E-state index in [9.17, 15) is 0 Å². The van der Waals surface area contributed by atoms with E-state index >= 15 is 0 Å². The fourth-order valence-electron chi connectivity index (χ4n) is 2.43. The molecule has 2 rings (SSSR count). The molecule has 1 aliphatic rings. The maximum Gasteiger partial charge on any atom is 0.0328 e. The Morgan fingerprint density at radius 2 is 2.50 bits per heavy atom. The number of hydrogen-bond acceptors (Lipinski definition) is 3. The van der Waals surface area contributed by atoms with Gasteiger partial charge in [-0.3, -0.25) is 4.90 Å². The van der Waals surface area contributed by atoms with Crippen molar-refractivity contribution in [1.82, 2.24) is 10.2 Å². The molecule has 1 atom stereocenters. The Kier molecular flexibility index (Phi) is 4.82. The number of likely N-dealkylation sites (tertiary alicyclic amines) is 1. The predicted octanol–water partition coefficient (Wildman–Crippen LogP) is 2.57. The van der Waals surface area contributed by atoms with Gasteiger partial charge in [-0.25, -0.2) is 0 Å². The Morgan fingerprint density at radius 3 is 3.25 bits per heavy atom. The van der Waals surface area contributed by atoms with Gasteiger partial charge in [0.1, 0.15) is 0 Å². The molecule has 1 saturated heterocycles. The molecule has 1 fully saturated rings. The summed E-state index contributed by atoms with van der Waals surface area (Å²) in [5.74, 6) is 0.855. The lowest BCUT2D eigenvalue weighted by Gasteiger charge is -2.32. The number of hydrogen-bond donors (Lipinski definition) is 1. The highest BCUT2D eigenvalue weighted by Crippen LogP contribution is 2.19.